The molecule has 0 radical (unpaired) electrons. The van der Waals surface area contributed by atoms with Crippen molar-refractivity contribution < 1.29 is 0 Å². The Morgan fingerprint density at radius 3 is 2.80 bits per heavy atom. The Balaban J connectivity index is 2.65. The Labute approximate surface area is 60.2 Å². The van der Waals surface area contributed by atoms with Gasteiger partial charge in [0.05, 0.1) is 11.9 Å². The highest BCUT2D eigenvalue weighted by Crippen LogP contribution is 1.96. The Morgan fingerprint density at radius 1 is 1.70 bits per heavy atom. The third kappa shape index (κ3) is 1.48. The largest absolute Gasteiger partial charge is 0.338 e. The van der Waals surface area contributed by atoms with Gasteiger partial charge < -0.3 is 10.7 Å². The van der Waals surface area contributed by atoms with Crippen LogP contribution in [0.25, 0.3) is 0 Å². The molecule has 10 heavy (non-hydrogen) atoms. The zero-order valence-corrected chi connectivity index (χ0v) is 6.28. The Hall–Kier alpha value is -1.03. The number of aromatic nitrogens is 2. The van der Waals surface area contributed by atoms with E-state index in [9.17, 15) is 0 Å². The molecular weight excluding hydrogens is 128 g/mol. The smallest absolute Gasteiger partial charge is 0.114 e. The maximum absolute atomic E-state index is 5.52. The molecule has 1 rings (SSSR count). The van der Waals surface area contributed by atoms with Gasteiger partial charge in [-0.2, -0.15) is 0 Å². The molecule has 1 aromatic rings. The van der Waals surface area contributed by atoms with Crippen molar-refractivity contribution in [3.05, 3.63) is 18.2 Å². The Bertz CT molecular complexity index is 203. The average molecular weight is 140 g/mol. The first-order chi connectivity index (χ1) is 4.70. The predicted octanol–water partition coefficient (Wildman–Crippen LogP) is -0.341. The van der Waals surface area contributed by atoms with Crippen LogP contribution in [0.4, 0.5) is 0 Å². The molecule has 4 nitrogen and oxygen atoms in total. The zero-order valence-electron chi connectivity index (χ0n) is 6.28. The molecule has 1 heterocycles. The molecule has 0 saturated carbocycles. The molecule has 0 amide bonds. The van der Waals surface area contributed by atoms with Crippen molar-refractivity contribution in [2.24, 2.45) is 0 Å². The molecule has 0 fully saturated rings. The number of rotatable bonds is 2. The van der Waals surface area contributed by atoms with Crippen molar-refractivity contribution in [1.82, 2.24) is 14.6 Å². The van der Waals surface area contributed by atoms with E-state index in [0.29, 0.717) is 0 Å². The van der Waals surface area contributed by atoms with E-state index in [4.69, 9.17) is 5.84 Å². The fourth-order valence-corrected chi connectivity index (χ4v) is 0.778. The second kappa shape index (κ2) is 2.70. The van der Waals surface area contributed by atoms with E-state index in [1.165, 1.54) is 4.68 Å². The van der Waals surface area contributed by atoms with Crippen molar-refractivity contribution in [3.63, 3.8) is 0 Å². The van der Waals surface area contributed by atoms with Crippen LogP contribution in [0.2, 0.25) is 0 Å². The summed E-state index contributed by atoms with van der Waals surface area (Å²) in [5.74, 6) is 5.52. The molecule has 2 N–H and O–H groups in total. The lowest BCUT2D eigenvalue weighted by Crippen LogP contribution is -2.17. The van der Waals surface area contributed by atoms with E-state index in [1.807, 2.05) is 19.0 Å². The van der Waals surface area contributed by atoms with E-state index in [-0.39, 0.29) is 0 Å². The van der Waals surface area contributed by atoms with Crippen LogP contribution >= 0.6 is 0 Å². The molecule has 1 aromatic heterocycles. The van der Waals surface area contributed by atoms with E-state index in [0.717, 1.165) is 12.2 Å². The quantitative estimate of drug-likeness (QED) is 0.572. The Kier molecular flexibility index (Phi) is 1.91. The summed E-state index contributed by atoms with van der Waals surface area (Å²) in [6.07, 6.45) is 3.36. The summed E-state index contributed by atoms with van der Waals surface area (Å²) < 4.78 is 1.53. The number of hydrogen-bond donors (Lipinski definition) is 1. The lowest BCUT2D eigenvalue weighted by molar-refractivity contribution is 0.393. The summed E-state index contributed by atoms with van der Waals surface area (Å²) in [6.45, 7) is 0.830. The molecule has 0 atom stereocenters. The van der Waals surface area contributed by atoms with Gasteiger partial charge in [-0.1, -0.05) is 0 Å². The Morgan fingerprint density at radius 2 is 2.40 bits per heavy atom. The molecule has 56 valence electrons. The van der Waals surface area contributed by atoms with Crippen molar-refractivity contribution >= 4 is 0 Å². The van der Waals surface area contributed by atoms with Gasteiger partial charge in [0.2, 0.25) is 0 Å². The molecular formula is C6H12N4. The monoisotopic (exact) mass is 140 g/mol. The van der Waals surface area contributed by atoms with Gasteiger partial charge >= 0.3 is 0 Å². The minimum Gasteiger partial charge on any atom is -0.338 e. The first-order valence-electron chi connectivity index (χ1n) is 3.11. The van der Waals surface area contributed by atoms with Crippen LogP contribution in [0.5, 0.6) is 0 Å². The van der Waals surface area contributed by atoms with Gasteiger partial charge in [-0.05, 0) is 14.1 Å². The fourth-order valence-electron chi connectivity index (χ4n) is 0.778. The molecule has 0 aliphatic rings. The van der Waals surface area contributed by atoms with E-state index in [2.05, 4.69) is 4.98 Å². The van der Waals surface area contributed by atoms with Gasteiger partial charge in [0.25, 0.3) is 0 Å². The van der Waals surface area contributed by atoms with Crippen LogP contribution in [0.3, 0.4) is 0 Å². The summed E-state index contributed by atoms with van der Waals surface area (Å²) in [7, 11) is 3.99. The summed E-state index contributed by atoms with van der Waals surface area (Å²) in [6, 6.07) is 0. The van der Waals surface area contributed by atoms with Crippen LogP contribution in [-0.2, 0) is 6.54 Å². The van der Waals surface area contributed by atoms with Crippen molar-refractivity contribution in [2.75, 3.05) is 19.9 Å². The zero-order chi connectivity index (χ0) is 7.56. The molecule has 0 aromatic carbocycles. The number of imidazole rings is 1. The second-order valence-electron chi connectivity index (χ2n) is 2.53. The molecule has 0 unspecified atom stereocenters. The predicted molar refractivity (Wildman–Crippen MR) is 39.8 cm³/mol. The minimum absolute atomic E-state index is 0.830. The first kappa shape index (κ1) is 7.08. The molecule has 0 saturated heterocycles. The van der Waals surface area contributed by atoms with Gasteiger partial charge in [0.1, 0.15) is 6.33 Å². The van der Waals surface area contributed by atoms with Crippen LogP contribution in [0.1, 0.15) is 5.69 Å². The van der Waals surface area contributed by atoms with Gasteiger partial charge in [0.15, 0.2) is 0 Å². The van der Waals surface area contributed by atoms with Crippen molar-refractivity contribution in [2.45, 2.75) is 6.54 Å². The molecule has 0 aliphatic heterocycles. The average Bonchev–Trinajstić information content (AvgIpc) is 2.15. The third-order valence-electron chi connectivity index (χ3n) is 1.22. The molecule has 4 heteroatoms. The molecule has 0 aliphatic carbocycles. The van der Waals surface area contributed by atoms with E-state index in [1.54, 1.807) is 12.5 Å². The summed E-state index contributed by atoms with van der Waals surface area (Å²) in [5.41, 5.74) is 1.02. The SMILES string of the molecule is CN(C)Cc1cncn1N. The number of nitrogens with two attached hydrogens (primary N) is 1. The van der Waals surface area contributed by atoms with E-state index >= 15 is 0 Å². The molecule has 0 spiro atoms. The standard InChI is InChI=1S/C6H12N4/c1-9(2)4-6-3-8-5-10(6)7/h3,5H,4,7H2,1-2H3. The van der Waals surface area contributed by atoms with Gasteiger partial charge in [-0.25, -0.2) is 4.98 Å². The lowest BCUT2D eigenvalue weighted by Gasteiger charge is -2.08. The summed E-state index contributed by atoms with van der Waals surface area (Å²) in [5, 5.41) is 0. The summed E-state index contributed by atoms with van der Waals surface area (Å²) in [4.78, 5) is 5.93. The van der Waals surface area contributed by atoms with Gasteiger partial charge in [0, 0.05) is 6.54 Å². The van der Waals surface area contributed by atoms with Crippen LogP contribution in [0.15, 0.2) is 12.5 Å². The van der Waals surface area contributed by atoms with Crippen molar-refractivity contribution in [1.29, 1.82) is 0 Å². The topological polar surface area (TPSA) is 47.1 Å². The highest BCUT2D eigenvalue weighted by Gasteiger charge is 1.98. The maximum atomic E-state index is 5.52. The first-order valence-corrected chi connectivity index (χ1v) is 3.11. The highest BCUT2D eigenvalue weighted by atomic mass is 15.3. The molecule has 0 bridgehead atoms. The number of hydrogen-bond acceptors (Lipinski definition) is 3. The van der Waals surface area contributed by atoms with Crippen LogP contribution in [0, 0.1) is 0 Å². The lowest BCUT2D eigenvalue weighted by atomic mass is 10.4. The second-order valence-corrected chi connectivity index (χ2v) is 2.53. The van der Waals surface area contributed by atoms with Crippen molar-refractivity contribution in [3.8, 4) is 0 Å². The van der Waals surface area contributed by atoms with Crippen LogP contribution < -0.4 is 5.84 Å². The van der Waals surface area contributed by atoms with Gasteiger partial charge in [-0.15, -0.1) is 0 Å². The normalized spacial score (nSPS) is 10.7. The minimum atomic E-state index is 0.830. The third-order valence-corrected chi connectivity index (χ3v) is 1.22. The van der Waals surface area contributed by atoms with E-state index < -0.39 is 0 Å². The highest BCUT2D eigenvalue weighted by molar-refractivity contribution is 4.97. The number of nitrogen functional groups attached to an aromatic ring is 1. The summed E-state index contributed by atoms with van der Waals surface area (Å²) >= 11 is 0. The fraction of sp³-hybridized carbons (Fsp3) is 0.500. The van der Waals surface area contributed by atoms with Gasteiger partial charge in [-0.3, -0.25) is 4.68 Å². The maximum Gasteiger partial charge on any atom is 0.114 e. The van der Waals surface area contributed by atoms with Crippen LogP contribution in [-0.4, -0.2) is 28.7 Å². The number of nitrogens with zero attached hydrogens (tertiary/aromatic N) is 3.